The van der Waals surface area contributed by atoms with Crippen LogP contribution in [0.2, 0.25) is 0 Å². The third-order valence-electron chi connectivity index (χ3n) is 2.93. The molecule has 0 saturated heterocycles. The van der Waals surface area contributed by atoms with Gasteiger partial charge in [0.05, 0.1) is 19.8 Å². The van der Waals surface area contributed by atoms with Gasteiger partial charge in [0.1, 0.15) is 5.54 Å². The van der Waals surface area contributed by atoms with Crippen LogP contribution < -0.4 is 11.1 Å². The van der Waals surface area contributed by atoms with Crippen molar-refractivity contribution in [3.63, 3.8) is 0 Å². The van der Waals surface area contributed by atoms with Gasteiger partial charge in [-0.15, -0.1) is 0 Å². The molecule has 0 spiro atoms. The zero-order valence-corrected chi connectivity index (χ0v) is 10.7. The summed E-state index contributed by atoms with van der Waals surface area (Å²) in [7, 11) is 0. The predicted octanol–water partition coefficient (Wildman–Crippen LogP) is -0.967. The maximum absolute atomic E-state index is 11.7. The van der Waals surface area contributed by atoms with Gasteiger partial charge in [0.15, 0.2) is 0 Å². The van der Waals surface area contributed by atoms with E-state index in [0.29, 0.717) is 12.1 Å². The van der Waals surface area contributed by atoms with Crippen molar-refractivity contribution in [3.05, 3.63) is 29.8 Å². The molecule has 1 amide bonds. The Labute approximate surface area is 111 Å². The second kappa shape index (κ2) is 7.08. The summed E-state index contributed by atoms with van der Waals surface area (Å²) in [6.07, 6.45) is 0.718. The van der Waals surface area contributed by atoms with Crippen LogP contribution in [0.1, 0.15) is 12.0 Å². The van der Waals surface area contributed by atoms with Crippen LogP contribution in [0.3, 0.4) is 0 Å². The maximum atomic E-state index is 11.7. The van der Waals surface area contributed by atoms with Gasteiger partial charge in [-0.3, -0.25) is 4.79 Å². The molecule has 0 fully saturated rings. The summed E-state index contributed by atoms with van der Waals surface area (Å²) in [5, 5.41) is 29.7. The van der Waals surface area contributed by atoms with E-state index in [0.717, 1.165) is 5.56 Å². The van der Waals surface area contributed by atoms with Gasteiger partial charge in [-0.25, -0.2) is 0 Å². The molecule has 0 unspecified atom stereocenters. The first-order valence-electron chi connectivity index (χ1n) is 6.03. The first-order valence-corrected chi connectivity index (χ1v) is 6.03. The van der Waals surface area contributed by atoms with E-state index in [9.17, 15) is 4.79 Å². The number of carbonyl (C=O) groups excluding carboxylic acids is 1. The molecule has 0 bridgehead atoms. The highest BCUT2D eigenvalue weighted by atomic mass is 16.3. The Bertz CT molecular complexity index is 393. The number of hydrogen-bond acceptors (Lipinski definition) is 5. The number of nitrogen functional groups attached to an aromatic ring is 1. The number of aliphatic hydroxyl groups excluding tert-OH is 3. The Kier molecular flexibility index (Phi) is 5.75. The molecule has 106 valence electrons. The van der Waals surface area contributed by atoms with Gasteiger partial charge in [0.2, 0.25) is 5.91 Å². The molecule has 0 aliphatic rings. The standard InChI is InChI=1S/C13H20N2O4/c14-11-4-1-10(2-5-11)3-6-12(19)15-13(7-16,8-17)9-18/h1-2,4-5,16-18H,3,6-9,14H2,(H,15,19). The Balaban J connectivity index is 2.49. The van der Waals surface area contributed by atoms with Crippen molar-refractivity contribution in [1.29, 1.82) is 0 Å². The highest BCUT2D eigenvalue weighted by Crippen LogP contribution is 2.08. The van der Waals surface area contributed by atoms with Crippen molar-refractivity contribution < 1.29 is 20.1 Å². The van der Waals surface area contributed by atoms with Crippen LogP contribution in [0, 0.1) is 0 Å². The van der Waals surface area contributed by atoms with Gasteiger partial charge < -0.3 is 26.4 Å². The number of rotatable bonds is 7. The lowest BCUT2D eigenvalue weighted by Gasteiger charge is -2.28. The summed E-state index contributed by atoms with van der Waals surface area (Å²) >= 11 is 0. The second-order valence-electron chi connectivity index (χ2n) is 4.54. The van der Waals surface area contributed by atoms with E-state index in [4.69, 9.17) is 21.1 Å². The number of aryl methyl sites for hydroxylation is 1. The average Bonchev–Trinajstić information content (AvgIpc) is 2.44. The molecule has 0 aromatic heterocycles. The van der Waals surface area contributed by atoms with Crippen LogP contribution in [0.4, 0.5) is 5.69 Å². The third kappa shape index (κ3) is 4.51. The van der Waals surface area contributed by atoms with Gasteiger partial charge in [-0.2, -0.15) is 0 Å². The van der Waals surface area contributed by atoms with E-state index in [1.165, 1.54) is 0 Å². The molecule has 1 aromatic carbocycles. The first kappa shape index (κ1) is 15.4. The first-order chi connectivity index (χ1) is 9.05. The minimum atomic E-state index is -1.36. The van der Waals surface area contributed by atoms with Crippen molar-refractivity contribution >= 4 is 11.6 Å². The summed E-state index contributed by atoms with van der Waals surface area (Å²) < 4.78 is 0. The molecular formula is C13H20N2O4. The molecule has 0 radical (unpaired) electrons. The fourth-order valence-corrected chi connectivity index (χ4v) is 1.57. The highest BCUT2D eigenvalue weighted by Gasteiger charge is 2.29. The molecule has 0 aliphatic carbocycles. The van der Waals surface area contributed by atoms with Crippen molar-refractivity contribution in [1.82, 2.24) is 5.32 Å². The summed E-state index contributed by atoms with van der Waals surface area (Å²) in [5.41, 5.74) is 5.82. The summed E-state index contributed by atoms with van der Waals surface area (Å²) in [5.74, 6) is -0.339. The second-order valence-corrected chi connectivity index (χ2v) is 4.54. The Morgan fingerprint density at radius 2 is 1.63 bits per heavy atom. The summed E-state index contributed by atoms with van der Waals surface area (Å²) in [6.45, 7) is -1.56. The minimum absolute atomic E-state index is 0.200. The van der Waals surface area contributed by atoms with Crippen molar-refractivity contribution in [2.24, 2.45) is 0 Å². The molecule has 0 heterocycles. The molecule has 1 rings (SSSR count). The van der Waals surface area contributed by atoms with Crippen LogP contribution in [0.15, 0.2) is 24.3 Å². The van der Waals surface area contributed by atoms with Crippen LogP contribution in [-0.4, -0.2) is 46.6 Å². The number of nitrogens with two attached hydrogens (primary N) is 1. The third-order valence-corrected chi connectivity index (χ3v) is 2.93. The summed E-state index contributed by atoms with van der Waals surface area (Å²) in [4.78, 5) is 11.7. The number of benzene rings is 1. The molecule has 0 saturated carbocycles. The number of aliphatic hydroxyl groups is 3. The van der Waals surface area contributed by atoms with Crippen molar-refractivity contribution in [2.45, 2.75) is 18.4 Å². The normalized spacial score (nSPS) is 11.3. The zero-order valence-electron chi connectivity index (χ0n) is 10.7. The van der Waals surface area contributed by atoms with Gasteiger partial charge in [0, 0.05) is 12.1 Å². The quantitative estimate of drug-likeness (QED) is 0.408. The van der Waals surface area contributed by atoms with Gasteiger partial charge in [-0.1, -0.05) is 12.1 Å². The number of carbonyl (C=O) groups is 1. The van der Waals surface area contributed by atoms with Crippen LogP contribution in [0.25, 0.3) is 0 Å². The monoisotopic (exact) mass is 268 g/mol. The SMILES string of the molecule is Nc1ccc(CCC(=O)NC(CO)(CO)CO)cc1. The van der Waals surface area contributed by atoms with Crippen molar-refractivity contribution in [3.8, 4) is 0 Å². The van der Waals surface area contributed by atoms with E-state index in [1.807, 2.05) is 12.1 Å². The lowest BCUT2D eigenvalue weighted by atomic mass is 10.0. The highest BCUT2D eigenvalue weighted by molar-refractivity contribution is 5.77. The van der Waals surface area contributed by atoms with Crippen LogP contribution >= 0.6 is 0 Å². The number of amides is 1. The molecule has 19 heavy (non-hydrogen) atoms. The molecular weight excluding hydrogens is 248 g/mol. The van der Waals surface area contributed by atoms with Crippen LogP contribution in [-0.2, 0) is 11.2 Å². The van der Waals surface area contributed by atoms with Crippen molar-refractivity contribution in [2.75, 3.05) is 25.6 Å². The lowest BCUT2D eigenvalue weighted by Crippen LogP contribution is -2.57. The topological polar surface area (TPSA) is 116 Å². The summed E-state index contributed by atoms with van der Waals surface area (Å²) in [6, 6.07) is 7.18. The Morgan fingerprint density at radius 3 is 2.11 bits per heavy atom. The molecule has 6 N–H and O–H groups in total. The number of hydrogen-bond donors (Lipinski definition) is 5. The predicted molar refractivity (Wildman–Crippen MR) is 71.3 cm³/mol. The van der Waals surface area contributed by atoms with Crippen LogP contribution in [0.5, 0.6) is 0 Å². The molecule has 6 nitrogen and oxygen atoms in total. The smallest absolute Gasteiger partial charge is 0.220 e. The maximum Gasteiger partial charge on any atom is 0.220 e. The Hall–Kier alpha value is -1.63. The number of anilines is 1. The average molecular weight is 268 g/mol. The van der Waals surface area contributed by atoms with Gasteiger partial charge in [0.25, 0.3) is 0 Å². The van der Waals surface area contributed by atoms with E-state index in [-0.39, 0.29) is 12.3 Å². The molecule has 0 aliphatic heterocycles. The molecule has 1 aromatic rings. The fraction of sp³-hybridized carbons (Fsp3) is 0.462. The minimum Gasteiger partial charge on any atom is -0.399 e. The zero-order chi connectivity index (χ0) is 14.3. The number of nitrogens with one attached hydrogen (secondary N) is 1. The largest absolute Gasteiger partial charge is 0.399 e. The molecule has 6 heteroatoms. The van der Waals surface area contributed by atoms with E-state index in [2.05, 4.69) is 5.32 Å². The fourth-order valence-electron chi connectivity index (χ4n) is 1.57. The van der Waals surface area contributed by atoms with Gasteiger partial charge >= 0.3 is 0 Å². The lowest BCUT2D eigenvalue weighted by molar-refractivity contribution is -0.125. The molecule has 0 atom stereocenters. The van der Waals surface area contributed by atoms with E-state index >= 15 is 0 Å². The van der Waals surface area contributed by atoms with E-state index in [1.54, 1.807) is 12.1 Å². The Morgan fingerprint density at radius 1 is 1.11 bits per heavy atom. The van der Waals surface area contributed by atoms with E-state index < -0.39 is 25.4 Å². The van der Waals surface area contributed by atoms with Gasteiger partial charge in [-0.05, 0) is 24.1 Å².